The molecule has 1 aromatic rings. The Labute approximate surface area is 119 Å². The van der Waals surface area contributed by atoms with Crippen LogP contribution < -0.4 is 5.73 Å². The summed E-state index contributed by atoms with van der Waals surface area (Å²) in [7, 11) is 0. The van der Waals surface area contributed by atoms with E-state index < -0.39 is 5.60 Å². The molecule has 0 aromatic heterocycles. The molecule has 0 aliphatic rings. The highest BCUT2D eigenvalue weighted by molar-refractivity contribution is 5.98. The SMILES string of the molecule is Cc1cc(CCC(=O)OC(C)(C)C)ccc1C(N)=NO. The van der Waals surface area contributed by atoms with Crippen LogP contribution in [-0.2, 0) is 16.0 Å². The largest absolute Gasteiger partial charge is 0.460 e. The van der Waals surface area contributed by atoms with Crippen LogP contribution in [0.25, 0.3) is 0 Å². The van der Waals surface area contributed by atoms with Gasteiger partial charge < -0.3 is 15.7 Å². The molecule has 3 N–H and O–H groups in total. The van der Waals surface area contributed by atoms with Crippen molar-refractivity contribution < 1.29 is 14.7 Å². The molecule has 0 atom stereocenters. The van der Waals surface area contributed by atoms with Crippen molar-refractivity contribution in [3.63, 3.8) is 0 Å². The number of nitrogens with two attached hydrogens (primary N) is 1. The van der Waals surface area contributed by atoms with Crippen molar-refractivity contribution in [3.8, 4) is 0 Å². The van der Waals surface area contributed by atoms with Gasteiger partial charge in [-0.15, -0.1) is 0 Å². The van der Waals surface area contributed by atoms with Gasteiger partial charge in [0.1, 0.15) is 5.60 Å². The summed E-state index contributed by atoms with van der Waals surface area (Å²) in [5.74, 6) is -0.128. The van der Waals surface area contributed by atoms with Gasteiger partial charge in [0, 0.05) is 12.0 Å². The lowest BCUT2D eigenvalue weighted by atomic mass is 10.0. The molecular weight excluding hydrogens is 256 g/mol. The van der Waals surface area contributed by atoms with E-state index in [4.69, 9.17) is 15.7 Å². The summed E-state index contributed by atoms with van der Waals surface area (Å²) in [6, 6.07) is 5.58. The van der Waals surface area contributed by atoms with Crippen LogP contribution in [0.5, 0.6) is 0 Å². The average molecular weight is 278 g/mol. The van der Waals surface area contributed by atoms with E-state index in [1.807, 2.05) is 39.8 Å². The Balaban J connectivity index is 2.67. The zero-order chi connectivity index (χ0) is 15.3. The highest BCUT2D eigenvalue weighted by Crippen LogP contribution is 2.14. The molecule has 0 radical (unpaired) electrons. The van der Waals surface area contributed by atoms with Crippen LogP contribution in [0.4, 0.5) is 0 Å². The minimum absolute atomic E-state index is 0.0844. The van der Waals surface area contributed by atoms with Crippen molar-refractivity contribution in [1.29, 1.82) is 0 Å². The van der Waals surface area contributed by atoms with Gasteiger partial charge in [-0.05, 0) is 45.2 Å². The minimum atomic E-state index is -0.455. The second-order valence-corrected chi connectivity index (χ2v) is 5.72. The van der Waals surface area contributed by atoms with Gasteiger partial charge in [0.05, 0.1) is 0 Å². The third-order valence-corrected chi connectivity index (χ3v) is 2.71. The van der Waals surface area contributed by atoms with E-state index in [0.29, 0.717) is 18.4 Å². The number of amidine groups is 1. The fraction of sp³-hybridized carbons (Fsp3) is 0.467. The zero-order valence-corrected chi connectivity index (χ0v) is 12.4. The zero-order valence-electron chi connectivity index (χ0n) is 12.4. The van der Waals surface area contributed by atoms with Crippen molar-refractivity contribution in [3.05, 3.63) is 34.9 Å². The first-order valence-electron chi connectivity index (χ1n) is 6.52. The van der Waals surface area contributed by atoms with Gasteiger partial charge in [-0.3, -0.25) is 4.79 Å². The highest BCUT2D eigenvalue weighted by atomic mass is 16.6. The Morgan fingerprint density at radius 3 is 2.55 bits per heavy atom. The van der Waals surface area contributed by atoms with E-state index in [9.17, 15) is 4.79 Å². The van der Waals surface area contributed by atoms with Crippen LogP contribution in [0.2, 0.25) is 0 Å². The molecule has 0 amide bonds. The maximum absolute atomic E-state index is 11.6. The number of esters is 1. The molecule has 5 nitrogen and oxygen atoms in total. The molecule has 0 heterocycles. The summed E-state index contributed by atoms with van der Waals surface area (Å²) in [6.07, 6.45) is 0.936. The van der Waals surface area contributed by atoms with Crippen molar-refractivity contribution in [2.24, 2.45) is 10.9 Å². The number of aryl methyl sites for hydroxylation is 2. The van der Waals surface area contributed by atoms with Gasteiger partial charge in [0.15, 0.2) is 5.84 Å². The Morgan fingerprint density at radius 1 is 1.40 bits per heavy atom. The molecule has 0 spiro atoms. The van der Waals surface area contributed by atoms with Crippen LogP contribution in [0.1, 0.15) is 43.9 Å². The standard InChI is InChI=1S/C15H22N2O3/c1-10-9-11(5-7-12(10)14(16)17-19)6-8-13(18)20-15(2,3)4/h5,7,9,19H,6,8H2,1-4H3,(H2,16,17). The van der Waals surface area contributed by atoms with Gasteiger partial charge in [-0.25, -0.2) is 0 Å². The average Bonchev–Trinajstić information content (AvgIpc) is 2.33. The molecule has 110 valence electrons. The molecule has 1 rings (SSSR count). The molecule has 0 fully saturated rings. The fourth-order valence-corrected chi connectivity index (χ4v) is 1.86. The summed E-state index contributed by atoms with van der Waals surface area (Å²) in [6.45, 7) is 7.42. The number of ether oxygens (including phenoxy) is 1. The topological polar surface area (TPSA) is 84.9 Å². The van der Waals surface area contributed by atoms with Gasteiger partial charge in [0.25, 0.3) is 0 Å². The number of oxime groups is 1. The van der Waals surface area contributed by atoms with Gasteiger partial charge in [-0.2, -0.15) is 0 Å². The highest BCUT2D eigenvalue weighted by Gasteiger charge is 2.16. The first-order valence-corrected chi connectivity index (χ1v) is 6.52. The van der Waals surface area contributed by atoms with Crippen LogP contribution in [-0.4, -0.2) is 22.6 Å². The fourth-order valence-electron chi connectivity index (χ4n) is 1.86. The van der Waals surface area contributed by atoms with E-state index in [-0.39, 0.29) is 11.8 Å². The van der Waals surface area contributed by atoms with E-state index in [0.717, 1.165) is 11.1 Å². The van der Waals surface area contributed by atoms with Crippen molar-refractivity contribution in [2.75, 3.05) is 0 Å². The number of rotatable bonds is 4. The monoisotopic (exact) mass is 278 g/mol. The predicted octanol–water partition coefficient (Wildman–Crippen LogP) is 2.36. The minimum Gasteiger partial charge on any atom is -0.460 e. The first kappa shape index (κ1) is 16.0. The Kier molecular flexibility index (Phi) is 5.13. The van der Waals surface area contributed by atoms with Crippen LogP contribution in [0.3, 0.4) is 0 Å². The molecule has 1 aromatic carbocycles. The second-order valence-electron chi connectivity index (χ2n) is 5.72. The van der Waals surface area contributed by atoms with E-state index in [1.54, 1.807) is 6.07 Å². The molecule has 5 heteroatoms. The van der Waals surface area contributed by atoms with Gasteiger partial charge in [-0.1, -0.05) is 23.4 Å². The molecule has 0 unspecified atom stereocenters. The summed E-state index contributed by atoms with van der Waals surface area (Å²) in [5.41, 5.74) is 7.72. The molecule has 0 saturated carbocycles. The Hall–Kier alpha value is -2.04. The van der Waals surface area contributed by atoms with Crippen LogP contribution in [0.15, 0.2) is 23.4 Å². The summed E-state index contributed by atoms with van der Waals surface area (Å²) >= 11 is 0. The second kappa shape index (κ2) is 6.41. The molecule has 0 aliphatic carbocycles. The molecule has 0 aliphatic heterocycles. The number of benzene rings is 1. The smallest absolute Gasteiger partial charge is 0.306 e. The van der Waals surface area contributed by atoms with Crippen LogP contribution in [0, 0.1) is 6.92 Å². The quantitative estimate of drug-likeness (QED) is 0.291. The summed E-state index contributed by atoms with van der Waals surface area (Å²) in [5, 5.41) is 11.7. The number of carbonyl (C=O) groups is 1. The van der Waals surface area contributed by atoms with E-state index >= 15 is 0 Å². The number of nitrogens with zero attached hydrogens (tertiary/aromatic N) is 1. The molecule has 0 saturated heterocycles. The Morgan fingerprint density at radius 2 is 2.05 bits per heavy atom. The lowest BCUT2D eigenvalue weighted by Crippen LogP contribution is -2.24. The van der Waals surface area contributed by atoms with Gasteiger partial charge in [0.2, 0.25) is 0 Å². The maximum Gasteiger partial charge on any atom is 0.306 e. The number of hydrogen-bond acceptors (Lipinski definition) is 4. The van der Waals surface area contributed by atoms with Crippen LogP contribution >= 0.6 is 0 Å². The third-order valence-electron chi connectivity index (χ3n) is 2.71. The summed E-state index contributed by atoms with van der Waals surface area (Å²) < 4.78 is 5.26. The molecular formula is C15H22N2O3. The number of carbonyl (C=O) groups excluding carboxylic acids is 1. The predicted molar refractivity (Wildman–Crippen MR) is 77.9 cm³/mol. The van der Waals surface area contributed by atoms with Crippen molar-refractivity contribution in [1.82, 2.24) is 0 Å². The van der Waals surface area contributed by atoms with Gasteiger partial charge >= 0.3 is 5.97 Å². The third kappa shape index (κ3) is 4.91. The van der Waals surface area contributed by atoms with Crippen molar-refractivity contribution in [2.45, 2.75) is 46.1 Å². The van der Waals surface area contributed by atoms with E-state index in [2.05, 4.69) is 5.16 Å². The van der Waals surface area contributed by atoms with Crippen molar-refractivity contribution >= 4 is 11.8 Å². The molecule has 20 heavy (non-hydrogen) atoms. The lowest BCUT2D eigenvalue weighted by molar-refractivity contribution is -0.154. The first-order chi connectivity index (χ1) is 9.23. The lowest BCUT2D eigenvalue weighted by Gasteiger charge is -2.19. The Bertz CT molecular complexity index is 516. The normalized spacial score (nSPS) is 12.3. The molecule has 0 bridgehead atoms. The number of hydrogen-bond donors (Lipinski definition) is 2. The summed E-state index contributed by atoms with van der Waals surface area (Å²) in [4.78, 5) is 11.6. The van der Waals surface area contributed by atoms with E-state index in [1.165, 1.54) is 0 Å². The maximum atomic E-state index is 11.6.